The first-order valence-corrected chi connectivity index (χ1v) is 5.14. The zero-order valence-electron chi connectivity index (χ0n) is 8.24. The van der Waals surface area contributed by atoms with E-state index in [9.17, 15) is 5.11 Å². The first-order valence-electron chi connectivity index (χ1n) is 5.14. The molecule has 0 radical (unpaired) electrons. The van der Waals surface area contributed by atoms with E-state index >= 15 is 0 Å². The van der Waals surface area contributed by atoms with Crippen LogP contribution in [0.3, 0.4) is 0 Å². The summed E-state index contributed by atoms with van der Waals surface area (Å²) in [5, 5.41) is 12.9. The topological polar surface area (TPSA) is 45.2 Å². The predicted molar refractivity (Wildman–Crippen MR) is 54.9 cm³/mol. The lowest BCUT2D eigenvalue weighted by atomic mass is 9.84. The number of aliphatic hydroxyl groups is 1. The number of nitrogens with zero attached hydrogens (tertiary/aromatic N) is 1. The van der Waals surface area contributed by atoms with E-state index in [0.29, 0.717) is 0 Å². The average Bonchev–Trinajstić information content (AvgIpc) is 2.31. The molecule has 3 heteroatoms. The number of aromatic nitrogens is 1. The monoisotopic (exact) mass is 192 g/mol. The lowest BCUT2D eigenvalue weighted by molar-refractivity contribution is 0.131. The van der Waals surface area contributed by atoms with Gasteiger partial charge in [0.2, 0.25) is 0 Å². The van der Waals surface area contributed by atoms with E-state index in [-0.39, 0.29) is 12.1 Å². The van der Waals surface area contributed by atoms with Gasteiger partial charge in [-0.2, -0.15) is 0 Å². The summed E-state index contributed by atoms with van der Waals surface area (Å²) in [7, 11) is 0. The van der Waals surface area contributed by atoms with Gasteiger partial charge in [0.15, 0.2) is 0 Å². The third-order valence-electron chi connectivity index (χ3n) is 2.98. The van der Waals surface area contributed by atoms with Gasteiger partial charge in [-0.1, -0.05) is 6.07 Å². The Morgan fingerprint density at radius 1 is 1.50 bits per heavy atom. The minimum Gasteiger partial charge on any atom is -0.394 e. The second-order valence-electron chi connectivity index (χ2n) is 3.87. The normalized spacial score (nSPS) is 27.5. The summed E-state index contributed by atoms with van der Waals surface area (Å²) in [5.74, 6) is 0. The quantitative estimate of drug-likeness (QED) is 0.736. The number of aliphatic hydroxyl groups excluding tert-OH is 1. The van der Waals surface area contributed by atoms with Crippen LogP contribution in [0.2, 0.25) is 0 Å². The van der Waals surface area contributed by atoms with Crippen LogP contribution < -0.4 is 5.32 Å². The Labute approximate surface area is 84.2 Å². The van der Waals surface area contributed by atoms with Crippen LogP contribution in [-0.2, 0) is 5.54 Å². The van der Waals surface area contributed by atoms with Crippen molar-refractivity contribution in [2.24, 2.45) is 0 Å². The van der Waals surface area contributed by atoms with Gasteiger partial charge in [0.25, 0.3) is 0 Å². The molecule has 2 heterocycles. The van der Waals surface area contributed by atoms with E-state index in [1.165, 1.54) is 12.8 Å². The van der Waals surface area contributed by atoms with Gasteiger partial charge in [0.1, 0.15) is 0 Å². The lowest BCUT2D eigenvalue weighted by Crippen LogP contribution is -2.48. The molecule has 1 fully saturated rings. The Bertz CT molecular complexity index is 281. The fraction of sp³-hybridized carbons (Fsp3) is 0.545. The van der Waals surface area contributed by atoms with Crippen molar-refractivity contribution < 1.29 is 5.11 Å². The first-order chi connectivity index (χ1) is 6.87. The minimum atomic E-state index is -0.244. The molecule has 1 atom stereocenters. The van der Waals surface area contributed by atoms with Crippen LogP contribution in [0.4, 0.5) is 0 Å². The summed E-state index contributed by atoms with van der Waals surface area (Å²) in [6.45, 7) is 1.13. The zero-order chi connectivity index (χ0) is 9.86. The highest BCUT2D eigenvalue weighted by Gasteiger charge is 2.32. The summed E-state index contributed by atoms with van der Waals surface area (Å²) in [6.07, 6.45) is 6.96. The molecular weight excluding hydrogens is 176 g/mol. The highest BCUT2D eigenvalue weighted by atomic mass is 16.3. The fourth-order valence-corrected chi connectivity index (χ4v) is 2.09. The molecule has 0 aliphatic carbocycles. The van der Waals surface area contributed by atoms with Gasteiger partial charge in [-0.15, -0.1) is 0 Å². The van der Waals surface area contributed by atoms with E-state index in [1.54, 1.807) is 6.20 Å². The van der Waals surface area contributed by atoms with Crippen LogP contribution in [0.1, 0.15) is 24.8 Å². The molecule has 1 aliphatic heterocycles. The second kappa shape index (κ2) is 4.07. The molecule has 1 aliphatic rings. The smallest absolute Gasteiger partial charge is 0.0684 e. The SMILES string of the molecule is OCC1(c2cccnc2)CCCCN1. The first kappa shape index (κ1) is 9.62. The van der Waals surface area contributed by atoms with Crippen molar-refractivity contribution in [2.45, 2.75) is 24.8 Å². The van der Waals surface area contributed by atoms with Gasteiger partial charge in [-0.05, 0) is 37.4 Å². The Morgan fingerprint density at radius 3 is 3.00 bits per heavy atom. The standard InChI is InChI=1S/C11H16N2O/c14-9-11(5-1-2-7-13-11)10-4-3-6-12-8-10/h3-4,6,8,13-14H,1-2,5,7,9H2. The van der Waals surface area contributed by atoms with Gasteiger partial charge in [-0.25, -0.2) is 0 Å². The molecule has 0 saturated carbocycles. The van der Waals surface area contributed by atoms with E-state index < -0.39 is 0 Å². The van der Waals surface area contributed by atoms with Crippen molar-refractivity contribution in [3.8, 4) is 0 Å². The van der Waals surface area contributed by atoms with Gasteiger partial charge in [-0.3, -0.25) is 4.98 Å². The van der Waals surface area contributed by atoms with Crippen molar-refractivity contribution in [3.05, 3.63) is 30.1 Å². The number of rotatable bonds is 2. The average molecular weight is 192 g/mol. The summed E-state index contributed by atoms with van der Waals surface area (Å²) >= 11 is 0. The van der Waals surface area contributed by atoms with Crippen LogP contribution in [0.5, 0.6) is 0 Å². The summed E-state index contributed by atoms with van der Waals surface area (Å²) < 4.78 is 0. The van der Waals surface area contributed by atoms with Crippen LogP contribution in [0, 0.1) is 0 Å². The molecule has 1 aromatic rings. The molecule has 2 rings (SSSR count). The van der Waals surface area contributed by atoms with Gasteiger partial charge >= 0.3 is 0 Å². The van der Waals surface area contributed by atoms with E-state index in [1.807, 2.05) is 18.3 Å². The second-order valence-corrected chi connectivity index (χ2v) is 3.87. The lowest BCUT2D eigenvalue weighted by Gasteiger charge is -2.37. The fourth-order valence-electron chi connectivity index (χ4n) is 2.09. The third-order valence-corrected chi connectivity index (χ3v) is 2.98. The van der Waals surface area contributed by atoms with Crippen molar-refractivity contribution in [1.29, 1.82) is 0 Å². The highest BCUT2D eigenvalue weighted by Crippen LogP contribution is 2.29. The van der Waals surface area contributed by atoms with Gasteiger partial charge in [0.05, 0.1) is 12.1 Å². The third kappa shape index (κ3) is 1.65. The van der Waals surface area contributed by atoms with Crippen molar-refractivity contribution in [2.75, 3.05) is 13.2 Å². The van der Waals surface area contributed by atoms with Crippen molar-refractivity contribution in [3.63, 3.8) is 0 Å². The molecule has 1 saturated heterocycles. The Balaban J connectivity index is 2.27. The minimum absolute atomic E-state index is 0.151. The van der Waals surface area contributed by atoms with Crippen molar-refractivity contribution in [1.82, 2.24) is 10.3 Å². The molecule has 0 aromatic carbocycles. The van der Waals surface area contributed by atoms with Gasteiger partial charge < -0.3 is 10.4 Å². The van der Waals surface area contributed by atoms with E-state index in [2.05, 4.69) is 10.3 Å². The largest absolute Gasteiger partial charge is 0.394 e. The molecule has 2 N–H and O–H groups in total. The summed E-state index contributed by atoms with van der Waals surface area (Å²) in [4.78, 5) is 4.10. The van der Waals surface area contributed by atoms with Crippen molar-refractivity contribution >= 4 is 0 Å². The Hall–Kier alpha value is -0.930. The van der Waals surface area contributed by atoms with Gasteiger partial charge in [0, 0.05) is 12.4 Å². The molecule has 14 heavy (non-hydrogen) atoms. The summed E-state index contributed by atoms with van der Waals surface area (Å²) in [5.41, 5.74) is 0.856. The number of hydrogen-bond donors (Lipinski definition) is 2. The Kier molecular flexibility index (Phi) is 2.79. The summed E-state index contributed by atoms with van der Waals surface area (Å²) in [6, 6.07) is 3.95. The van der Waals surface area contributed by atoms with Crippen LogP contribution >= 0.6 is 0 Å². The highest BCUT2D eigenvalue weighted by molar-refractivity contribution is 5.21. The maximum Gasteiger partial charge on any atom is 0.0684 e. The van der Waals surface area contributed by atoms with E-state index in [4.69, 9.17) is 0 Å². The van der Waals surface area contributed by atoms with Crippen LogP contribution in [0.25, 0.3) is 0 Å². The Morgan fingerprint density at radius 2 is 2.43 bits per heavy atom. The van der Waals surface area contributed by atoms with Crippen LogP contribution in [0.15, 0.2) is 24.5 Å². The molecule has 0 amide bonds. The predicted octanol–water partition coefficient (Wildman–Crippen LogP) is 1.04. The number of pyridine rings is 1. The van der Waals surface area contributed by atoms with E-state index in [0.717, 1.165) is 18.5 Å². The van der Waals surface area contributed by atoms with Crippen LogP contribution in [-0.4, -0.2) is 23.2 Å². The number of hydrogen-bond acceptors (Lipinski definition) is 3. The zero-order valence-corrected chi connectivity index (χ0v) is 8.24. The molecule has 1 unspecified atom stereocenters. The molecule has 0 spiro atoms. The molecule has 1 aromatic heterocycles. The number of nitrogens with one attached hydrogen (secondary N) is 1. The maximum absolute atomic E-state index is 9.50. The molecule has 3 nitrogen and oxygen atoms in total. The maximum atomic E-state index is 9.50. The molecular formula is C11H16N2O. The molecule has 0 bridgehead atoms. The number of piperidine rings is 1. The molecule has 76 valence electrons.